The van der Waals surface area contributed by atoms with Gasteiger partial charge in [0.15, 0.2) is 0 Å². The number of anilines is 1. The van der Waals surface area contributed by atoms with Crippen molar-refractivity contribution in [2.75, 3.05) is 24.0 Å². The fourth-order valence-electron chi connectivity index (χ4n) is 4.52. The molecule has 226 valence electrons. The molecule has 10 heteroatoms. The van der Waals surface area contributed by atoms with E-state index < -0.39 is 28.5 Å². The molecule has 0 aliphatic heterocycles. The van der Waals surface area contributed by atoms with E-state index in [9.17, 15) is 18.0 Å². The first kappa shape index (κ1) is 32.9. The van der Waals surface area contributed by atoms with Crippen LogP contribution < -0.4 is 14.4 Å². The summed E-state index contributed by atoms with van der Waals surface area (Å²) in [6.07, 6.45) is 1.60. The molecular formula is C32H40ClN3O5S. The van der Waals surface area contributed by atoms with Gasteiger partial charge < -0.3 is 15.0 Å². The Morgan fingerprint density at radius 3 is 2.17 bits per heavy atom. The summed E-state index contributed by atoms with van der Waals surface area (Å²) in [6.45, 7) is 7.53. The molecule has 3 aromatic carbocycles. The molecule has 0 aliphatic carbocycles. The minimum atomic E-state index is -4.24. The molecule has 1 N–H and O–H groups in total. The normalized spacial score (nSPS) is 12.7. The summed E-state index contributed by atoms with van der Waals surface area (Å²) in [5.41, 5.74) is 1.22. The maximum atomic E-state index is 14.2. The largest absolute Gasteiger partial charge is 0.492 e. The molecule has 42 heavy (non-hydrogen) atoms. The Bertz CT molecular complexity index is 1420. The molecule has 0 bridgehead atoms. The van der Waals surface area contributed by atoms with Crippen LogP contribution in [0.2, 0.25) is 5.02 Å². The van der Waals surface area contributed by atoms with Crippen molar-refractivity contribution in [1.29, 1.82) is 0 Å². The Morgan fingerprint density at radius 2 is 1.55 bits per heavy atom. The van der Waals surface area contributed by atoms with Gasteiger partial charge in [0.2, 0.25) is 11.8 Å². The van der Waals surface area contributed by atoms with Gasteiger partial charge in [-0.15, -0.1) is 0 Å². The van der Waals surface area contributed by atoms with Crippen LogP contribution in [-0.2, 0) is 26.0 Å². The van der Waals surface area contributed by atoms with Crippen molar-refractivity contribution in [3.8, 4) is 5.75 Å². The Labute approximate surface area is 254 Å². The van der Waals surface area contributed by atoms with Gasteiger partial charge in [-0.2, -0.15) is 0 Å². The number of para-hydroxylation sites is 2. The second-order valence-electron chi connectivity index (χ2n) is 9.93. The van der Waals surface area contributed by atoms with Crippen LogP contribution in [-0.4, -0.2) is 56.9 Å². The number of sulfonamides is 1. The lowest BCUT2D eigenvalue weighted by Crippen LogP contribution is -2.54. The molecule has 0 fully saturated rings. The minimum absolute atomic E-state index is 0.0246. The number of hydrogen-bond acceptors (Lipinski definition) is 5. The minimum Gasteiger partial charge on any atom is -0.492 e. The molecule has 0 unspecified atom stereocenters. The number of ether oxygens (including phenoxy) is 1. The highest BCUT2D eigenvalue weighted by Crippen LogP contribution is 2.33. The lowest BCUT2D eigenvalue weighted by atomic mass is 10.1. The quantitative estimate of drug-likeness (QED) is 0.237. The van der Waals surface area contributed by atoms with Gasteiger partial charge in [-0.25, -0.2) is 8.42 Å². The summed E-state index contributed by atoms with van der Waals surface area (Å²) in [4.78, 5) is 29.0. The monoisotopic (exact) mass is 613 g/mol. The predicted octanol–water partition coefficient (Wildman–Crippen LogP) is 5.70. The van der Waals surface area contributed by atoms with E-state index in [2.05, 4.69) is 5.32 Å². The smallest absolute Gasteiger partial charge is 0.264 e. The topological polar surface area (TPSA) is 96.0 Å². The van der Waals surface area contributed by atoms with Gasteiger partial charge in [-0.1, -0.05) is 67.9 Å². The number of hydrogen-bond donors (Lipinski definition) is 1. The first-order valence-electron chi connectivity index (χ1n) is 14.3. The first-order chi connectivity index (χ1) is 20.1. The Balaban J connectivity index is 2.06. The molecule has 0 heterocycles. The second kappa shape index (κ2) is 15.6. The molecule has 2 atom stereocenters. The number of rotatable bonds is 15. The zero-order valence-electron chi connectivity index (χ0n) is 24.6. The van der Waals surface area contributed by atoms with E-state index in [1.165, 1.54) is 29.2 Å². The highest BCUT2D eigenvalue weighted by atomic mass is 35.5. The van der Waals surface area contributed by atoms with E-state index in [0.717, 1.165) is 16.3 Å². The number of carbonyl (C=O) groups excluding carboxylic acids is 2. The van der Waals surface area contributed by atoms with Crippen molar-refractivity contribution in [3.05, 3.63) is 89.4 Å². The molecule has 0 radical (unpaired) electrons. The van der Waals surface area contributed by atoms with Gasteiger partial charge in [-0.05, 0) is 75.1 Å². The molecule has 0 aromatic heterocycles. The van der Waals surface area contributed by atoms with Crippen molar-refractivity contribution < 1.29 is 22.7 Å². The highest BCUT2D eigenvalue weighted by Gasteiger charge is 2.34. The SMILES string of the molecule is CCOc1ccccc1N(CC(=O)N(CCc1ccccc1)[C@H](CC)C(=O)N[C@H](C)CC)S(=O)(=O)c1ccc(Cl)cc1. The van der Waals surface area contributed by atoms with Gasteiger partial charge in [0.05, 0.1) is 17.2 Å². The van der Waals surface area contributed by atoms with Crippen LogP contribution in [0.5, 0.6) is 5.75 Å². The van der Waals surface area contributed by atoms with Crippen LogP contribution in [0.1, 0.15) is 46.1 Å². The van der Waals surface area contributed by atoms with Crippen molar-refractivity contribution in [3.63, 3.8) is 0 Å². The van der Waals surface area contributed by atoms with E-state index in [0.29, 0.717) is 30.2 Å². The standard InChI is InChI=1S/C32H40ClN3O5S/c1-5-24(4)34-32(38)28(6-2)35(22-21-25-13-9-8-10-14-25)31(37)23-36(29-15-11-12-16-30(29)41-7-3)42(39,40)27-19-17-26(33)18-20-27/h8-20,24,28H,5-7,21-23H2,1-4H3,(H,34,38)/t24-,28-/m1/s1. The summed E-state index contributed by atoms with van der Waals surface area (Å²) in [6, 6.07) is 21.3. The van der Waals surface area contributed by atoms with Crippen LogP contribution in [0.25, 0.3) is 0 Å². The van der Waals surface area contributed by atoms with Crippen molar-refractivity contribution in [2.45, 2.75) is 63.9 Å². The van der Waals surface area contributed by atoms with Crippen molar-refractivity contribution in [2.24, 2.45) is 0 Å². The van der Waals surface area contributed by atoms with Crippen LogP contribution in [0.4, 0.5) is 5.69 Å². The lowest BCUT2D eigenvalue weighted by molar-refractivity contribution is -0.139. The summed E-state index contributed by atoms with van der Waals surface area (Å²) >= 11 is 6.04. The third-order valence-corrected chi connectivity index (χ3v) is 9.01. The van der Waals surface area contributed by atoms with Gasteiger partial charge in [0.25, 0.3) is 10.0 Å². The summed E-state index contributed by atoms with van der Waals surface area (Å²) in [5.74, 6) is -0.446. The lowest BCUT2D eigenvalue weighted by Gasteiger charge is -2.34. The Kier molecular flexibility index (Phi) is 12.2. The maximum Gasteiger partial charge on any atom is 0.264 e. The molecule has 3 aromatic rings. The number of benzene rings is 3. The fraction of sp³-hybridized carbons (Fsp3) is 0.375. The van der Waals surface area contributed by atoms with Crippen molar-refractivity contribution in [1.82, 2.24) is 10.2 Å². The van der Waals surface area contributed by atoms with E-state index in [4.69, 9.17) is 16.3 Å². The zero-order valence-corrected chi connectivity index (χ0v) is 26.2. The van der Waals surface area contributed by atoms with Crippen LogP contribution in [0, 0.1) is 0 Å². The molecule has 0 saturated heterocycles. The van der Waals surface area contributed by atoms with E-state index in [1.807, 2.05) is 51.1 Å². The third kappa shape index (κ3) is 8.49. The van der Waals surface area contributed by atoms with Gasteiger partial charge in [-0.3, -0.25) is 13.9 Å². The van der Waals surface area contributed by atoms with Crippen LogP contribution in [0.15, 0.2) is 83.8 Å². The summed E-state index contributed by atoms with van der Waals surface area (Å²) in [5, 5.41) is 3.37. The fourth-order valence-corrected chi connectivity index (χ4v) is 6.08. The van der Waals surface area contributed by atoms with E-state index in [-0.39, 0.29) is 29.1 Å². The summed E-state index contributed by atoms with van der Waals surface area (Å²) in [7, 11) is -4.24. The second-order valence-corrected chi connectivity index (χ2v) is 12.2. The molecule has 0 aliphatic rings. The first-order valence-corrected chi connectivity index (χ1v) is 16.1. The number of nitrogens with zero attached hydrogens (tertiary/aromatic N) is 2. The highest BCUT2D eigenvalue weighted by molar-refractivity contribution is 7.92. The summed E-state index contributed by atoms with van der Waals surface area (Å²) < 4.78 is 35.0. The number of halogens is 1. The van der Waals surface area contributed by atoms with Crippen LogP contribution >= 0.6 is 11.6 Å². The Morgan fingerprint density at radius 1 is 0.905 bits per heavy atom. The third-order valence-electron chi connectivity index (χ3n) is 6.99. The predicted molar refractivity (Wildman–Crippen MR) is 167 cm³/mol. The van der Waals surface area contributed by atoms with E-state index in [1.54, 1.807) is 31.2 Å². The van der Waals surface area contributed by atoms with Gasteiger partial charge in [0.1, 0.15) is 18.3 Å². The molecular weight excluding hydrogens is 574 g/mol. The van der Waals surface area contributed by atoms with E-state index >= 15 is 0 Å². The van der Waals surface area contributed by atoms with Crippen molar-refractivity contribution >= 4 is 39.1 Å². The van der Waals surface area contributed by atoms with Crippen LogP contribution in [0.3, 0.4) is 0 Å². The average Bonchev–Trinajstić information content (AvgIpc) is 2.99. The number of carbonyl (C=O) groups is 2. The number of nitrogens with one attached hydrogen (secondary N) is 1. The average molecular weight is 614 g/mol. The van der Waals surface area contributed by atoms with Gasteiger partial charge >= 0.3 is 0 Å². The molecule has 2 amide bonds. The maximum absolute atomic E-state index is 14.2. The molecule has 8 nitrogen and oxygen atoms in total. The Hall–Kier alpha value is -3.56. The zero-order chi connectivity index (χ0) is 30.7. The molecule has 3 rings (SSSR count). The molecule has 0 saturated carbocycles. The van der Waals surface area contributed by atoms with Gasteiger partial charge in [0, 0.05) is 17.6 Å². The number of amides is 2. The molecule has 0 spiro atoms.